The molecule has 1 aromatic carbocycles. The van der Waals surface area contributed by atoms with Crippen molar-refractivity contribution in [2.24, 2.45) is 0 Å². The van der Waals surface area contributed by atoms with E-state index >= 15 is 0 Å². The minimum absolute atomic E-state index is 0.0840. The lowest BCUT2D eigenvalue weighted by Gasteiger charge is -2.18. The van der Waals surface area contributed by atoms with Crippen LogP contribution in [-0.2, 0) is 0 Å². The average Bonchev–Trinajstić information content (AvgIpc) is 3.15. The number of ether oxygens (including phenoxy) is 2. The topological polar surface area (TPSA) is 64.5 Å². The maximum absolute atomic E-state index is 13.0. The fraction of sp³-hybridized carbons (Fsp3) is 0.278. The molecule has 0 bridgehead atoms. The van der Waals surface area contributed by atoms with Gasteiger partial charge in [0.05, 0.1) is 30.4 Å². The fourth-order valence-electron chi connectivity index (χ4n) is 2.57. The molecule has 26 heavy (non-hydrogen) atoms. The first-order chi connectivity index (χ1) is 12.7. The number of carbonyl (C=O) groups excluding carboxylic acids is 1. The number of hydrogen-bond donors (Lipinski definition) is 0. The SMILES string of the molecule is COc1ccccc1C(=O)N1CCS/C1=C/c1cnc(SC)nc1OC. The zero-order valence-electron chi connectivity index (χ0n) is 14.8. The van der Waals surface area contributed by atoms with Gasteiger partial charge in [-0.25, -0.2) is 4.98 Å². The van der Waals surface area contributed by atoms with E-state index in [1.54, 1.807) is 49.2 Å². The van der Waals surface area contributed by atoms with Crippen molar-refractivity contribution in [3.8, 4) is 11.6 Å². The van der Waals surface area contributed by atoms with E-state index in [4.69, 9.17) is 9.47 Å². The Morgan fingerprint density at radius 1 is 1.31 bits per heavy atom. The van der Waals surface area contributed by atoms with Gasteiger partial charge in [0.25, 0.3) is 5.91 Å². The molecule has 0 radical (unpaired) electrons. The van der Waals surface area contributed by atoms with Crippen LogP contribution in [0.15, 0.2) is 40.6 Å². The van der Waals surface area contributed by atoms with Crippen LogP contribution < -0.4 is 9.47 Å². The number of aromatic nitrogens is 2. The third-order valence-corrected chi connectivity index (χ3v) is 5.41. The van der Waals surface area contributed by atoms with Crippen molar-refractivity contribution in [3.63, 3.8) is 0 Å². The highest BCUT2D eigenvalue weighted by Crippen LogP contribution is 2.34. The number of thioether (sulfide) groups is 2. The van der Waals surface area contributed by atoms with Gasteiger partial charge in [-0.15, -0.1) is 11.8 Å². The quantitative estimate of drug-likeness (QED) is 0.573. The normalized spacial score (nSPS) is 15.3. The second-order valence-electron chi connectivity index (χ2n) is 5.31. The van der Waals surface area contributed by atoms with Crippen molar-refractivity contribution in [1.29, 1.82) is 0 Å². The maximum atomic E-state index is 13.0. The van der Waals surface area contributed by atoms with Gasteiger partial charge in [-0.3, -0.25) is 4.79 Å². The molecule has 2 heterocycles. The van der Waals surface area contributed by atoms with Crippen molar-refractivity contribution in [3.05, 3.63) is 46.6 Å². The lowest BCUT2D eigenvalue weighted by atomic mass is 10.1. The largest absolute Gasteiger partial charge is 0.496 e. The Balaban J connectivity index is 1.93. The molecule has 0 unspecified atom stereocenters. The lowest BCUT2D eigenvalue weighted by Crippen LogP contribution is -2.27. The predicted octanol–water partition coefficient (Wildman–Crippen LogP) is 3.40. The molecular formula is C18H19N3O3S2. The Labute approximate surface area is 161 Å². The van der Waals surface area contributed by atoms with Crippen molar-refractivity contribution >= 4 is 35.5 Å². The Morgan fingerprint density at radius 2 is 2.12 bits per heavy atom. The van der Waals surface area contributed by atoms with E-state index in [2.05, 4.69) is 9.97 Å². The summed E-state index contributed by atoms with van der Waals surface area (Å²) in [6, 6.07) is 7.25. The summed E-state index contributed by atoms with van der Waals surface area (Å²) in [6.07, 6.45) is 5.52. The van der Waals surface area contributed by atoms with Gasteiger partial charge in [-0.05, 0) is 24.5 Å². The molecule has 1 aliphatic heterocycles. The monoisotopic (exact) mass is 389 g/mol. The summed E-state index contributed by atoms with van der Waals surface area (Å²) in [4.78, 5) is 23.4. The highest BCUT2D eigenvalue weighted by atomic mass is 32.2. The van der Waals surface area contributed by atoms with E-state index in [9.17, 15) is 4.79 Å². The lowest BCUT2D eigenvalue weighted by molar-refractivity contribution is 0.0827. The molecule has 0 saturated carbocycles. The third kappa shape index (κ3) is 3.81. The molecule has 1 fully saturated rings. The van der Waals surface area contributed by atoms with E-state index < -0.39 is 0 Å². The Morgan fingerprint density at radius 3 is 2.85 bits per heavy atom. The zero-order chi connectivity index (χ0) is 18.5. The van der Waals surface area contributed by atoms with Crippen molar-refractivity contribution < 1.29 is 14.3 Å². The Hall–Kier alpha value is -2.19. The van der Waals surface area contributed by atoms with Crippen LogP contribution >= 0.6 is 23.5 Å². The van der Waals surface area contributed by atoms with Crippen LogP contribution in [0, 0.1) is 0 Å². The summed E-state index contributed by atoms with van der Waals surface area (Å²) in [6.45, 7) is 0.638. The highest BCUT2D eigenvalue weighted by molar-refractivity contribution is 8.03. The summed E-state index contributed by atoms with van der Waals surface area (Å²) in [7, 11) is 3.14. The molecule has 3 rings (SSSR count). The van der Waals surface area contributed by atoms with Gasteiger partial charge in [0.2, 0.25) is 5.88 Å². The van der Waals surface area contributed by atoms with E-state index in [0.717, 1.165) is 16.3 Å². The number of hydrogen-bond acceptors (Lipinski definition) is 7. The van der Waals surface area contributed by atoms with E-state index in [1.165, 1.54) is 11.8 Å². The first-order valence-corrected chi connectivity index (χ1v) is 10.1. The van der Waals surface area contributed by atoms with Crippen molar-refractivity contribution in [2.75, 3.05) is 32.8 Å². The van der Waals surface area contributed by atoms with Gasteiger partial charge in [0.15, 0.2) is 5.16 Å². The molecule has 1 aliphatic rings. The first kappa shape index (κ1) is 18.6. The van der Waals surface area contributed by atoms with Gasteiger partial charge in [-0.2, -0.15) is 4.98 Å². The van der Waals surface area contributed by atoms with Crippen molar-refractivity contribution in [1.82, 2.24) is 14.9 Å². The van der Waals surface area contributed by atoms with Crippen LogP contribution in [0.25, 0.3) is 6.08 Å². The molecule has 136 valence electrons. The second kappa shape index (κ2) is 8.46. The predicted molar refractivity (Wildman–Crippen MR) is 105 cm³/mol. The van der Waals surface area contributed by atoms with Crippen LogP contribution in [0.2, 0.25) is 0 Å². The van der Waals surface area contributed by atoms with Crippen LogP contribution in [0.3, 0.4) is 0 Å². The number of rotatable bonds is 5. The number of para-hydroxylation sites is 1. The molecule has 1 aromatic heterocycles. The van der Waals surface area contributed by atoms with Gasteiger partial charge < -0.3 is 14.4 Å². The summed E-state index contributed by atoms with van der Waals surface area (Å²) in [5, 5.41) is 1.49. The van der Waals surface area contributed by atoms with Crippen molar-refractivity contribution in [2.45, 2.75) is 5.16 Å². The summed E-state index contributed by atoms with van der Waals surface area (Å²) < 4.78 is 10.7. The molecule has 0 N–H and O–H groups in total. The van der Waals surface area contributed by atoms with E-state index in [1.807, 2.05) is 24.5 Å². The van der Waals surface area contributed by atoms with Gasteiger partial charge in [0, 0.05) is 18.5 Å². The van der Waals surface area contributed by atoms with Gasteiger partial charge in [0.1, 0.15) is 5.75 Å². The third-order valence-electron chi connectivity index (χ3n) is 3.83. The number of nitrogens with zero attached hydrogens (tertiary/aromatic N) is 3. The molecule has 6 nitrogen and oxygen atoms in total. The smallest absolute Gasteiger partial charge is 0.262 e. The van der Waals surface area contributed by atoms with Crippen LogP contribution in [0.5, 0.6) is 11.6 Å². The summed E-state index contributed by atoms with van der Waals surface area (Å²) in [5.74, 6) is 1.81. The van der Waals surface area contributed by atoms with Gasteiger partial charge >= 0.3 is 0 Å². The molecule has 0 aliphatic carbocycles. The Bertz CT molecular complexity index is 842. The molecule has 0 atom stereocenters. The minimum Gasteiger partial charge on any atom is -0.496 e. The van der Waals surface area contributed by atoms with Gasteiger partial charge in [-0.1, -0.05) is 23.9 Å². The van der Waals surface area contributed by atoms with Crippen LogP contribution in [-0.4, -0.2) is 53.5 Å². The summed E-state index contributed by atoms with van der Waals surface area (Å²) >= 11 is 3.07. The molecule has 1 amide bonds. The van der Waals surface area contributed by atoms with E-state index in [0.29, 0.717) is 28.9 Å². The maximum Gasteiger partial charge on any atom is 0.262 e. The number of benzene rings is 1. The molecule has 1 saturated heterocycles. The number of methoxy groups -OCH3 is 2. The minimum atomic E-state index is -0.0840. The van der Waals surface area contributed by atoms with Crippen LogP contribution in [0.1, 0.15) is 15.9 Å². The molecule has 2 aromatic rings. The van der Waals surface area contributed by atoms with E-state index in [-0.39, 0.29) is 5.91 Å². The first-order valence-electron chi connectivity index (χ1n) is 7.92. The highest BCUT2D eigenvalue weighted by Gasteiger charge is 2.27. The fourth-order valence-corrected chi connectivity index (χ4v) is 3.93. The summed E-state index contributed by atoms with van der Waals surface area (Å²) in [5.41, 5.74) is 1.29. The number of amides is 1. The van der Waals surface area contributed by atoms with Crippen LogP contribution in [0.4, 0.5) is 0 Å². The number of carbonyl (C=O) groups is 1. The second-order valence-corrected chi connectivity index (χ2v) is 7.20. The zero-order valence-corrected chi connectivity index (χ0v) is 16.4. The molecule has 0 spiro atoms. The molecular weight excluding hydrogens is 370 g/mol. The standard InChI is InChI=1S/C18H19N3O3S2/c1-23-14-7-5-4-6-13(14)17(22)21-8-9-26-15(21)10-12-11-19-18(25-3)20-16(12)24-2/h4-7,10-11H,8-9H2,1-3H3/b15-10+. The average molecular weight is 390 g/mol. The molecule has 8 heteroatoms. The Kier molecular flexibility index (Phi) is 6.05.